The topological polar surface area (TPSA) is 55.1 Å². The molecule has 0 aromatic heterocycles. The van der Waals surface area contributed by atoms with E-state index >= 15 is 0 Å². The van der Waals surface area contributed by atoms with Crippen LogP contribution in [0.3, 0.4) is 0 Å². The summed E-state index contributed by atoms with van der Waals surface area (Å²) in [7, 11) is 0. The van der Waals surface area contributed by atoms with Crippen LogP contribution in [0.1, 0.15) is 19.4 Å². The Balaban J connectivity index is 2.72. The number of hydrogen-bond donors (Lipinski definition) is 2. The third kappa shape index (κ3) is 3.47. The molecule has 0 aliphatic heterocycles. The number of primary amides is 1. The zero-order chi connectivity index (χ0) is 12.3. The van der Waals surface area contributed by atoms with Crippen LogP contribution in [0.15, 0.2) is 22.7 Å². The van der Waals surface area contributed by atoms with Crippen molar-refractivity contribution in [1.82, 2.24) is 5.32 Å². The smallest absolute Gasteiger partial charge is 0.237 e. The maximum absolute atomic E-state index is 11.1. The van der Waals surface area contributed by atoms with Gasteiger partial charge in [-0.05, 0) is 31.5 Å². The van der Waals surface area contributed by atoms with Gasteiger partial charge in [-0.1, -0.05) is 33.6 Å². The Morgan fingerprint density at radius 1 is 1.56 bits per heavy atom. The molecule has 0 fully saturated rings. The van der Waals surface area contributed by atoms with Crippen LogP contribution in [0.2, 0.25) is 5.02 Å². The highest BCUT2D eigenvalue weighted by Gasteiger charge is 2.23. The number of carbonyl (C=O) groups is 1. The Kier molecular flexibility index (Phi) is 4.35. The molecule has 0 spiro atoms. The van der Waals surface area contributed by atoms with E-state index in [9.17, 15) is 4.79 Å². The molecule has 0 bridgehead atoms. The minimum absolute atomic E-state index is 0.388. The monoisotopic (exact) mass is 304 g/mol. The first-order chi connectivity index (χ1) is 7.33. The van der Waals surface area contributed by atoms with E-state index in [1.807, 2.05) is 18.2 Å². The maximum Gasteiger partial charge on any atom is 0.237 e. The second-order valence-corrected chi connectivity index (χ2v) is 5.40. The van der Waals surface area contributed by atoms with E-state index < -0.39 is 5.54 Å². The maximum atomic E-state index is 11.1. The molecule has 16 heavy (non-hydrogen) atoms. The van der Waals surface area contributed by atoms with Crippen molar-refractivity contribution in [2.45, 2.75) is 25.9 Å². The van der Waals surface area contributed by atoms with E-state index in [1.54, 1.807) is 13.8 Å². The normalized spacial score (nSPS) is 11.5. The van der Waals surface area contributed by atoms with Crippen molar-refractivity contribution in [2.24, 2.45) is 5.73 Å². The van der Waals surface area contributed by atoms with Gasteiger partial charge in [0.1, 0.15) is 0 Å². The van der Waals surface area contributed by atoms with Gasteiger partial charge < -0.3 is 5.73 Å². The molecule has 0 atom stereocenters. The number of rotatable bonds is 4. The van der Waals surface area contributed by atoms with Gasteiger partial charge in [-0.2, -0.15) is 0 Å². The van der Waals surface area contributed by atoms with Crippen LogP contribution in [-0.2, 0) is 11.3 Å². The molecule has 1 aromatic rings. The number of hydrogen-bond acceptors (Lipinski definition) is 2. The Hall–Kier alpha value is -0.580. The summed E-state index contributed by atoms with van der Waals surface area (Å²) in [5, 5.41) is 3.72. The molecule has 1 rings (SSSR count). The van der Waals surface area contributed by atoms with Crippen LogP contribution in [0.5, 0.6) is 0 Å². The van der Waals surface area contributed by atoms with Crippen molar-refractivity contribution in [2.75, 3.05) is 0 Å². The average molecular weight is 306 g/mol. The fourth-order valence-electron chi connectivity index (χ4n) is 1.07. The van der Waals surface area contributed by atoms with Gasteiger partial charge in [-0.3, -0.25) is 10.1 Å². The third-order valence-electron chi connectivity index (χ3n) is 2.35. The molecular formula is C11H14BrClN2O. The highest BCUT2D eigenvalue weighted by atomic mass is 79.9. The van der Waals surface area contributed by atoms with Crippen LogP contribution >= 0.6 is 27.5 Å². The first-order valence-corrected chi connectivity index (χ1v) is 5.99. The number of benzene rings is 1. The van der Waals surface area contributed by atoms with Gasteiger partial charge in [-0.25, -0.2) is 0 Å². The molecule has 0 radical (unpaired) electrons. The minimum Gasteiger partial charge on any atom is -0.368 e. The Labute approximate surface area is 108 Å². The van der Waals surface area contributed by atoms with E-state index in [-0.39, 0.29) is 5.91 Å². The zero-order valence-electron chi connectivity index (χ0n) is 9.18. The fourth-order valence-corrected chi connectivity index (χ4v) is 1.81. The molecule has 0 saturated heterocycles. The lowest BCUT2D eigenvalue weighted by atomic mass is 10.0. The molecule has 3 nitrogen and oxygen atoms in total. The predicted octanol–water partition coefficient (Wildman–Crippen LogP) is 2.46. The van der Waals surface area contributed by atoms with E-state index in [4.69, 9.17) is 17.3 Å². The van der Waals surface area contributed by atoms with Crippen molar-refractivity contribution >= 4 is 33.4 Å². The molecule has 0 heterocycles. The van der Waals surface area contributed by atoms with Crippen molar-refractivity contribution in [1.29, 1.82) is 0 Å². The van der Waals surface area contributed by atoms with Gasteiger partial charge >= 0.3 is 0 Å². The minimum atomic E-state index is -0.740. The summed E-state index contributed by atoms with van der Waals surface area (Å²) in [6.45, 7) is 3.98. The lowest BCUT2D eigenvalue weighted by Crippen LogP contribution is -2.50. The number of amides is 1. The molecule has 0 aliphatic carbocycles. The number of nitrogens with one attached hydrogen (secondary N) is 1. The predicted molar refractivity (Wildman–Crippen MR) is 69.3 cm³/mol. The number of carbonyl (C=O) groups excluding carboxylic acids is 1. The molecular weight excluding hydrogens is 291 g/mol. The SMILES string of the molecule is CC(C)(NCc1ccc(Br)cc1Cl)C(N)=O. The summed E-state index contributed by atoms with van der Waals surface area (Å²) >= 11 is 9.38. The van der Waals surface area contributed by atoms with Crippen molar-refractivity contribution < 1.29 is 4.79 Å². The summed E-state index contributed by atoms with van der Waals surface area (Å²) in [6, 6.07) is 5.62. The summed E-state index contributed by atoms with van der Waals surface area (Å²) in [4.78, 5) is 11.1. The summed E-state index contributed by atoms with van der Waals surface area (Å²) in [6.07, 6.45) is 0. The Morgan fingerprint density at radius 3 is 2.69 bits per heavy atom. The second kappa shape index (κ2) is 5.17. The van der Waals surface area contributed by atoms with Gasteiger partial charge in [0.05, 0.1) is 5.54 Å². The lowest BCUT2D eigenvalue weighted by molar-refractivity contribution is -0.123. The van der Waals surface area contributed by atoms with Crippen LogP contribution in [0.4, 0.5) is 0 Å². The first-order valence-electron chi connectivity index (χ1n) is 4.82. The molecule has 0 aliphatic rings. The summed E-state index contributed by atoms with van der Waals surface area (Å²) in [5.74, 6) is -0.388. The van der Waals surface area contributed by atoms with Crippen LogP contribution in [0, 0.1) is 0 Å². The highest BCUT2D eigenvalue weighted by molar-refractivity contribution is 9.10. The second-order valence-electron chi connectivity index (χ2n) is 4.08. The van der Waals surface area contributed by atoms with Crippen molar-refractivity contribution in [3.8, 4) is 0 Å². The molecule has 88 valence electrons. The van der Waals surface area contributed by atoms with Gasteiger partial charge in [0.15, 0.2) is 0 Å². The van der Waals surface area contributed by atoms with E-state index in [1.165, 1.54) is 0 Å². The zero-order valence-corrected chi connectivity index (χ0v) is 11.5. The van der Waals surface area contributed by atoms with Gasteiger partial charge in [0.2, 0.25) is 5.91 Å². The molecule has 0 saturated carbocycles. The summed E-state index contributed by atoms with van der Waals surface area (Å²) in [5.41, 5.74) is 5.44. The Morgan fingerprint density at radius 2 is 2.19 bits per heavy atom. The van der Waals surface area contributed by atoms with Crippen LogP contribution in [0.25, 0.3) is 0 Å². The quantitative estimate of drug-likeness (QED) is 0.898. The third-order valence-corrected chi connectivity index (χ3v) is 3.20. The fraction of sp³-hybridized carbons (Fsp3) is 0.364. The summed E-state index contributed by atoms with van der Waals surface area (Å²) < 4.78 is 0.926. The number of nitrogens with two attached hydrogens (primary N) is 1. The standard InChI is InChI=1S/C11H14BrClN2O/c1-11(2,10(14)16)15-6-7-3-4-8(12)5-9(7)13/h3-5,15H,6H2,1-2H3,(H2,14,16). The van der Waals surface area contributed by atoms with Crippen LogP contribution in [-0.4, -0.2) is 11.4 Å². The lowest BCUT2D eigenvalue weighted by Gasteiger charge is -2.22. The van der Waals surface area contributed by atoms with Crippen LogP contribution < -0.4 is 11.1 Å². The Bertz CT molecular complexity index is 407. The first kappa shape index (κ1) is 13.5. The molecule has 1 amide bonds. The van der Waals surface area contributed by atoms with Gasteiger partial charge in [0, 0.05) is 16.0 Å². The van der Waals surface area contributed by atoms with E-state index in [0.29, 0.717) is 11.6 Å². The highest BCUT2D eigenvalue weighted by Crippen LogP contribution is 2.21. The largest absolute Gasteiger partial charge is 0.368 e. The van der Waals surface area contributed by atoms with Crippen molar-refractivity contribution in [3.05, 3.63) is 33.3 Å². The molecule has 5 heteroatoms. The average Bonchev–Trinajstić information content (AvgIpc) is 2.16. The van der Waals surface area contributed by atoms with E-state index in [0.717, 1.165) is 10.0 Å². The van der Waals surface area contributed by atoms with E-state index in [2.05, 4.69) is 21.2 Å². The van der Waals surface area contributed by atoms with Gasteiger partial charge in [-0.15, -0.1) is 0 Å². The number of halogens is 2. The molecule has 1 aromatic carbocycles. The van der Waals surface area contributed by atoms with Gasteiger partial charge in [0.25, 0.3) is 0 Å². The molecule has 0 unspecified atom stereocenters. The van der Waals surface area contributed by atoms with Crippen molar-refractivity contribution in [3.63, 3.8) is 0 Å². The molecule has 3 N–H and O–H groups in total.